The normalized spacial score (nSPS) is 14.9. The number of nitrogens with zero attached hydrogens (tertiary/aromatic N) is 2. The van der Waals surface area contributed by atoms with Crippen molar-refractivity contribution < 1.29 is 13.5 Å². The molecule has 0 bridgehead atoms. The Morgan fingerprint density at radius 2 is 1.72 bits per heavy atom. The van der Waals surface area contributed by atoms with E-state index in [-0.39, 0.29) is 18.0 Å². The molecule has 3 atom stereocenters. The van der Waals surface area contributed by atoms with Gasteiger partial charge in [0.25, 0.3) is 0 Å². The van der Waals surface area contributed by atoms with Crippen molar-refractivity contribution in [2.45, 2.75) is 36.8 Å². The number of aliphatic hydroxyl groups is 1. The van der Waals surface area contributed by atoms with Crippen LogP contribution in [0, 0.1) is 17.2 Å². The highest BCUT2D eigenvalue weighted by Gasteiger charge is 2.30. The van der Waals surface area contributed by atoms with Gasteiger partial charge in [0.15, 0.2) is 0 Å². The largest absolute Gasteiger partial charge is 0.399 e. The second-order valence-corrected chi connectivity index (χ2v) is 8.98. The Hall–Kier alpha value is -2.44. The fraction of sp³-hybridized carbons (Fsp3) is 0.381. The van der Waals surface area contributed by atoms with Crippen molar-refractivity contribution in [3.05, 3.63) is 60.2 Å². The molecule has 0 amide bonds. The zero-order valence-electron chi connectivity index (χ0n) is 16.5. The van der Waals surface area contributed by atoms with Gasteiger partial charge in [-0.3, -0.25) is 0 Å². The summed E-state index contributed by atoms with van der Waals surface area (Å²) in [4.78, 5) is 0.0586. The maximum Gasteiger partial charge on any atom is 0.243 e. The minimum atomic E-state index is -3.92. The number of sulfonamides is 1. The summed E-state index contributed by atoms with van der Waals surface area (Å²) in [6.45, 7) is 1.60. The fourth-order valence-electron chi connectivity index (χ4n) is 2.93. The molecule has 0 aliphatic carbocycles. The average molecular weight is 417 g/mol. The van der Waals surface area contributed by atoms with Crippen molar-refractivity contribution in [2.75, 3.05) is 18.8 Å². The highest BCUT2D eigenvalue weighted by molar-refractivity contribution is 7.89. The maximum atomic E-state index is 13.2. The van der Waals surface area contributed by atoms with Crippen molar-refractivity contribution in [1.82, 2.24) is 4.31 Å². The van der Waals surface area contributed by atoms with Crippen molar-refractivity contribution in [3.63, 3.8) is 0 Å². The summed E-state index contributed by atoms with van der Waals surface area (Å²) in [5.74, 6) is -0.490. The molecule has 0 spiro atoms. The second kappa shape index (κ2) is 10.4. The first kappa shape index (κ1) is 22.8. The van der Waals surface area contributed by atoms with E-state index in [1.165, 1.54) is 24.3 Å². The molecule has 3 unspecified atom stereocenters. The number of aliphatic hydroxyl groups excluding tert-OH is 1. The standard InChI is InChI=1S/C21H28N4O3S/c1-2-16(13-22)14-25(29(27,28)19-10-8-18(23)9-11-19)15-21(26)20(24)12-17-6-4-3-5-7-17/h3-11,16,20-21,26H,2,12,14-15,23-24H2,1H3. The van der Waals surface area contributed by atoms with E-state index in [1.54, 1.807) is 0 Å². The molecule has 5 N–H and O–H groups in total. The molecule has 0 aliphatic rings. The molecule has 0 heterocycles. The van der Waals surface area contributed by atoms with Crippen LogP contribution in [0.15, 0.2) is 59.5 Å². The molecule has 2 aromatic rings. The van der Waals surface area contributed by atoms with Crippen LogP contribution in [0.5, 0.6) is 0 Å². The Morgan fingerprint density at radius 1 is 1.10 bits per heavy atom. The lowest BCUT2D eigenvalue weighted by molar-refractivity contribution is 0.116. The van der Waals surface area contributed by atoms with Gasteiger partial charge in [0.2, 0.25) is 10.0 Å². The molecular formula is C21H28N4O3S. The third kappa shape index (κ3) is 6.27. The molecule has 156 valence electrons. The van der Waals surface area contributed by atoms with Crippen LogP contribution in [0.3, 0.4) is 0 Å². The Morgan fingerprint density at radius 3 is 2.28 bits per heavy atom. The van der Waals surface area contributed by atoms with Gasteiger partial charge in [0.1, 0.15) is 0 Å². The van der Waals surface area contributed by atoms with Crippen LogP contribution in [0.4, 0.5) is 5.69 Å². The predicted octanol–water partition coefficient (Wildman–Crippen LogP) is 1.74. The third-order valence-electron chi connectivity index (χ3n) is 4.82. The lowest BCUT2D eigenvalue weighted by atomic mass is 10.0. The van der Waals surface area contributed by atoms with Gasteiger partial charge in [-0.25, -0.2) is 8.42 Å². The molecule has 0 saturated carbocycles. The molecule has 0 saturated heterocycles. The summed E-state index contributed by atoms with van der Waals surface area (Å²) in [5.41, 5.74) is 13.2. The summed E-state index contributed by atoms with van der Waals surface area (Å²) in [6.07, 6.45) is -0.182. The van der Waals surface area contributed by atoms with Gasteiger partial charge in [0.05, 0.1) is 23.0 Å². The highest BCUT2D eigenvalue weighted by Crippen LogP contribution is 2.20. The van der Waals surface area contributed by atoms with Gasteiger partial charge in [-0.1, -0.05) is 37.3 Å². The summed E-state index contributed by atoms with van der Waals surface area (Å²) >= 11 is 0. The number of nitrogens with two attached hydrogens (primary N) is 2. The van der Waals surface area contributed by atoms with Gasteiger partial charge in [-0.2, -0.15) is 9.57 Å². The highest BCUT2D eigenvalue weighted by atomic mass is 32.2. The number of hydrogen-bond acceptors (Lipinski definition) is 6. The molecule has 0 radical (unpaired) electrons. The van der Waals surface area contributed by atoms with Gasteiger partial charge >= 0.3 is 0 Å². The molecule has 2 aromatic carbocycles. The number of benzene rings is 2. The summed E-state index contributed by atoms with van der Waals surface area (Å²) in [6, 6.07) is 16.8. The van der Waals surface area contributed by atoms with Gasteiger partial charge < -0.3 is 16.6 Å². The Labute approximate surface area is 172 Å². The topological polar surface area (TPSA) is 133 Å². The molecule has 0 fully saturated rings. The number of hydrogen-bond donors (Lipinski definition) is 3. The molecule has 2 rings (SSSR count). The van der Waals surface area contributed by atoms with E-state index in [0.29, 0.717) is 18.5 Å². The number of rotatable bonds is 10. The van der Waals surface area contributed by atoms with Crippen molar-refractivity contribution in [3.8, 4) is 6.07 Å². The molecular weight excluding hydrogens is 388 g/mol. The first-order valence-electron chi connectivity index (χ1n) is 9.50. The van der Waals surface area contributed by atoms with E-state index in [1.807, 2.05) is 37.3 Å². The second-order valence-electron chi connectivity index (χ2n) is 7.05. The fourth-order valence-corrected chi connectivity index (χ4v) is 4.44. The summed E-state index contributed by atoms with van der Waals surface area (Å²) in [7, 11) is -3.92. The quantitative estimate of drug-likeness (QED) is 0.505. The zero-order valence-corrected chi connectivity index (χ0v) is 17.3. The van der Waals surface area contributed by atoms with Gasteiger partial charge in [-0.05, 0) is 42.7 Å². The van der Waals surface area contributed by atoms with Crippen LogP contribution in [0.1, 0.15) is 18.9 Å². The predicted molar refractivity (Wildman–Crippen MR) is 113 cm³/mol. The first-order chi connectivity index (χ1) is 13.8. The average Bonchev–Trinajstić information content (AvgIpc) is 2.71. The molecule has 0 aromatic heterocycles. The molecule has 0 aliphatic heterocycles. The van der Waals surface area contributed by atoms with Crippen LogP contribution < -0.4 is 11.5 Å². The maximum absolute atomic E-state index is 13.2. The van der Waals surface area contributed by atoms with Crippen molar-refractivity contribution in [2.24, 2.45) is 11.7 Å². The van der Waals surface area contributed by atoms with E-state index in [9.17, 15) is 18.8 Å². The summed E-state index contributed by atoms with van der Waals surface area (Å²) < 4.78 is 27.4. The Balaban J connectivity index is 2.23. The van der Waals surface area contributed by atoms with E-state index in [0.717, 1.165) is 9.87 Å². The van der Waals surface area contributed by atoms with Crippen LogP contribution in [0.25, 0.3) is 0 Å². The van der Waals surface area contributed by atoms with Crippen LogP contribution >= 0.6 is 0 Å². The minimum Gasteiger partial charge on any atom is -0.399 e. The van der Waals surface area contributed by atoms with Gasteiger partial charge in [0, 0.05) is 24.8 Å². The van der Waals surface area contributed by atoms with E-state index < -0.39 is 28.1 Å². The number of anilines is 1. The number of nitriles is 1. The van der Waals surface area contributed by atoms with E-state index in [2.05, 4.69) is 6.07 Å². The van der Waals surface area contributed by atoms with Crippen LogP contribution in [-0.2, 0) is 16.4 Å². The molecule has 29 heavy (non-hydrogen) atoms. The SMILES string of the molecule is CCC(C#N)CN(CC(O)C(N)Cc1ccccc1)S(=O)(=O)c1ccc(N)cc1. The lowest BCUT2D eigenvalue weighted by Crippen LogP contribution is -2.47. The molecule has 7 nitrogen and oxygen atoms in total. The van der Waals surface area contributed by atoms with Gasteiger partial charge in [-0.15, -0.1) is 0 Å². The van der Waals surface area contributed by atoms with Crippen LogP contribution in [0.2, 0.25) is 0 Å². The Bertz CT molecular complexity index is 911. The Kier molecular flexibility index (Phi) is 8.17. The van der Waals surface area contributed by atoms with E-state index >= 15 is 0 Å². The van der Waals surface area contributed by atoms with E-state index in [4.69, 9.17) is 11.5 Å². The smallest absolute Gasteiger partial charge is 0.243 e. The zero-order chi connectivity index (χ0) is 21.4. The first-order valence-corrected chi connectivity index (χ1v) is 10.9. The monoisotopic (exact) mass is 416 g/mol. The third-order valence-corrected chi connectivity index (χ3v) is 6.66. The summed E-state index contributed by atoms with van der Waals surface area (Å²) in [5, 5.41) is 19.9. The minimum absolute atomic E-state index is 0.0190. The molecule has 8 heteroatoms. The van der Waals surface area contributed by atoms with Crippen LogP contribution in [-0.4, -0.2) is 43.1 Å². The lowest BCUT2D eigenvalue weighted by Gasteiger charge is -2.28. The van der Waals surface area contributed by atoms with Crippen molar-refractivity contribution in [1.29, 1.82) is 5.26 Å². The van der Waals surface area contributed by atoms with Crippen molar-refractivity contribution >= 4 is 15.7 Å². The number of nitrogen functional groups attached to an aromatic ring is 1.